The minimum absolute atomic E-state index is 0.225. The summed E-state index contributed by atoms with van der Waals surface area (Å²) >= 11 is 0. The Balaban J connectivity index is 1.80. The topological polar surface area (TPSA) is 45.6 Å². The van der Waals surface area contributed by atoms with Crippen molar-refractivity contribution in [3.63, 3.8) is 0 Å². The van der Waals surface area contributed by atoms with Gasteiger partial charge in [-0.25, -0.2) is 0 Å². The third-order valence-corrected chi connectivity index (χ3v) is 2.36. The molecule has 1 aliphatic rings. The minimum atomic E-state index is -4.73. The molecule has 1 aromatic carbocycles. The zero-order valence-electron chi connectivity index (χ0n) is 8.70. The van der Waals surface area contributed by atoms with Gasteiger partial charge in [-0.05, 0) is 5.56 Å². The Morgan fingerprint density at radius 3 is 2.53 bits per heavy atom. The van der Waals surface area contributed by atoms with Gasteiger partial charge < -0.3 is 9.47 Å². The van der Waals surface area contributed by atoms with Gasteiger partial charge in [0.1, 0.15) is 18.8 Å². The molecule has 2 atom stereocenters. The van der Waals surface area contributed by atoms with Crippen LogP contribution in [0, 0.1) is 5.41 Å². The van der Waals surface area contributed by atoms with Crippen LogP contribution in [0.15, 0.2) is 30.3 Å². The lowest BCUT2D eigenvalue weighted by Gasteiger charge is -2.08. The Kier molecular flexibility index (Phi) is 3.06. The van der Waals surface area contributed by atoms with E-state index in [0.717, 1.165) is 5.56 Å². The lowest BCUT2D eigenvalue weighted by Crippen LogP contribution is -2.26. The van der Waals surface area contributed by atoms with Gasteiger partial charge in [0.15, 0.2) is 0 Å². The largest absolute Gasteiger partial charge is 0.472 e. The molecule has 0 amide bonds. The number of rotatable bonds is 3. The number of epoxide rings is 1. The molecule has 0 spiro atoms. The number of halogens is 3. The zero-order chi connectivity index (χ0) is 12.5. The SMILES string of the molecule is N=C(OC[C@@H]1O[C@@H]1c1ccccc1)C(F)(F)F. The summed E-state index contributed by atoms with van der Waals surface area (Å²) in [7, 11) is 0. The van der Waals surface area contributed by atoms with Crippen molar-refractivity contribution < 1.29 is 22.6 Å². The lowest BCUT2D eigenvalue weighted by molar-refractivity contribution is -0.0798. The second kappa shape index (κ2) is 4.37. The minimum Gasteiger partial charge on any atom is -0.472 e. The molecule has 0 unspecified atom stereocenters. The average Bonchev–Trinajstić information content (AvgIpc) is 3.05. The van der Waals surface area contributed by atoms with Gasteiger partial charge in [0.2, 0.25) is 0 Å². The van der Waals surface area contributed by atoms with Crippen LogP contribution in [-0.4, -0.2) is 24.8 Å². The van der Waals surface area contributed by atoms with Crippen molar-refractivity contribution in [3.05, 3.63) is 35.9 Å². The molecule has 0 aliphatic carbocycles. The molecule has 0 saturated carbocycles. The quantitative estimate of drug-likeness (QED) is 0.505. The van der Waals surface area contributed by atoms with E-state index in [2.05, 4.69) is 4.74 Å². The van der Waals surface area contributed by atoms with Crippen LogP contribution in [0.5, 0.6) is 0 Å². The van der Waals surface area contributed by atoms with Crippen LogP contribution in [0.3, 0.4) is 0 Å². The van der Waals surface area contributed by atoms with Crippen LogP contribution in [0.2, 0.25) is 0 Å². The standard InChI is InChI=1S/C11H10F3NO2/c12-11(13,14)10(15)16-6-8-9(17-8)7-4-2-1-3-5-7/h1-5,8-9,15H,6H2/t8-,9+/m0/s1. The van der Waals surface area contributed by atoms with Gasteiger partial charge in [0.05, 0.1) is 0 Å². The summed E-state index contributed by atoms with van der Waals surface area (Å²) in [5.74, 6) is -1.68. The molecule has 2 rings (SSSR count). The van der Waals surface area contributed by atoms with Gasteiger partial charge in [0, 0.05) is 0 Å². The molecule has 1 N–H and O–H groups in total. The summed E-state index contributed by atoms with van der Waals surface area (Å²) in [5, 5.41) is 6.63. The molecular formula is C11H10F3NO2. The molecule has 1 heterocycles. The van der Waals surface area contributed by atoms with Crippen molar-refractivity contribution in [2.24, 2.45) is 0 Å². The zero-order valence-corrected chi connectivity index (χ0v) is 8.70. The molecule has 17 heavy (non-hydrogen) atoms. The van der Waals surface area contributed by atoms with Crippen molar-refractivity contribution in [2.75, 3.05) is 6.61 Å². The fourth-order valence-corrected chi connectivity index (χ4v) is 1.45. The molecule has 1 saturated heterocycles. The highest BCUT2D eigenvalue weighted by molar-refractivity contribution is 5.78. The maximum Gasteiger partial charge on any atom is 0.467 e. The number of hydrogen-bond acceptors (Lipinski definition) is 3. The Bertz CT molecular complexity index is 405. The highest BCUT2D eigenvalue weighted by Gasteiger charge is 2.43. The predicted octanol–water partition coefficient (Wildman–Crippen LogP) is 2.68. The third-order valence-electron chi connectivity index (χ3n) is 2.36. The van der Waals surface area contributed by atoms with Gasteiger partial charge >= 0.3 is 6.18 Å². The van der Waals surface area contributed by atoms with Crippen LogP contribution >= 0.6 is 0 Å². The molecule has 1 fully saturated rings. The van der Waals surface area contributed by atoms with Crippen molar-refractivity contribution in [3.8, 4) is 0 Å². The first kappa shape index (κ1) is 11.9. The van der Waals surface area contributed by atoms with Crippen molar-refractivity contribution >= 4 is 5.90 Å². The summed E-state index contributed by atoms with van der Waals surface area (Å²) in [4.78, 5) is 0. The maximum absolute atomic E-state index is 11.9. The van der Waals surface area contributed by atoms with Gasteiger partial charge in [-0.15, -0.1) is 0 Å². The lowest BCUT2D eigenvalue weighted by atomic mass is 10.1. The molecule has 0 bridgehead atoms. The van der Waals surface area contributed by atoms with Crippen LogP contribution in [0.4, 0.5) is 13.2 Å². The van der Waals surface area contributed by atoms with E-state index in [4.69, 9.17) is 10.1 Å². The first-order valence-electron chi connectivity index (χ1n) is 4.97. The number of ether oxygens (including phenoxy) is 2. The van der Waals surface area contributed by atoms with E-state index in [9.17, 15) is 13.2 Å². The normalized spacial score (nSPS) is 23.2. The smallest absolute Gasteiger partial charge is 0.467 e. The summed E-state index contributed by atoms with van der Waals surface area (Å²) < 4.78 is 45.3. The van der Waals surface area contributed by atoms with E-state index < -0.39 is 18.2 Å². The van der Waals surface area contributed by atoms with Crippen LogP contribution in [0.1, 0.15) is 11.7 Å². The summed E-state index contributed by atoms with van der Waals surface area (Å²) in [6.45, 7) is -0.252. The van der Waals surface area contributed by atoms with Gasteiger partial charge in [-0.1, -0.05) is 30.3 Å². The number of benzene rings is 1. The van der Waals surface area contributed by atoms with E-state index in [0.29, 0.717) is 0 Å². The van der Waals surface area contributed by atoms with E-state index in [1.54, 1.807) is 0 Å². The first-order chi connectivity index (χ1) is 7.98. The predicted molar refractivity (Wildman–Crippen MR) is 53.8 cm³/mol. The highest BCUT2D eigenvalue weighted by atomic mass is 19.4. The molecular weight excluding hydrogens is 235 g/mol. The monoisotopic (exact) mass is 245 g/mol. The molecule has 0 aromatic heterocycles. The Labute approximate surface area is 95.7 Å². The fraction of sp³-hybridized carbons (Fsp3) is 0.364. The molecule has 0 radical (unpaired) electrons. The third kappa shape index (κ3) is 2.97. The Morgan fingerprint density at radius 2 is 1.94 bits per heavy atom. The van der Waals surface area contributed by atoms with Crippen molar-refractivity contribution in [2.45, 2.75) is 18.4 Å². The van der Waals surface area contributed by atoms with Gasteiger partial charge in [0.25, 0.3) is 5.90 Å². The fourth-order valence-electron chi connectivity index (χ4n) is 1.45. The van der Waals surface area contributed by atoms with Crippen LogP contribution in [0.25, 0.3) is 0 Å². The average molecular weight is 245 g/mol. The molecule has 1 aromatic rings. The number of alkyl halides is 3. The van der Waals surface area contributed by atoms with E-state index in [1.807, 2.05) is 30.3 Å². The highest BCUT2D eigenvalue weighted by Crippen LogP contribution is 2.38. The summed E-state index contributed by atoms with van der Waals surface area (Å²) in [6.07, 6.45) is -5.35. The number of hydrogen-bond donors (Lipinski definition) is 1. The van der Waals surface area contributed by atoms with Crippen LogP contribution in [-0.2, 0) is 9.47 Å². The van der Waals surface area contributed by atoms with E-state index in [-0.39, 0.29) is 12.7 Å². The van der Waals surface area contributed by atoms with Crippen molar-refractivity contribution in [1.29, 1.82) is 5.41 Å². The van der Waals surface area contributed by atoms with Gasteiger partial charge in [-0.2, -0.15) is 13.2 Å². The Morgan fingerprint density at radius 1 is 1.29 bits per heavy atom. The Hall–Kier alpha value is -1.56. The second-order valence-electron chi connectivity index (χ2n) is 3.64. The van der Waals surface area contributed by atoms with Crippen LogP contribution < -0.4 is 0 Å². The summed E-state index contributed by atoms with van der Waals surface area (Å²) in [5.41, 5.74) is 0.902. The van der Waals surface area contributed by atoms with Gasteiger partial charge in [-0.3, -0.25) is 5.41 Å². The molecule has 1 aliphatic heterocycles. The van der Waals surface area contributed by atoms with E-state index >= 15 is 0 Å². The summed E-state index contributed by atoms with van der Waals surface area (Å²) in [6, 6.07) is 9.16. The van der Waals surface area contributed by atoms with Crippen molar-refractivity contribution in [1.82, 2.24) is 0 Å². The first-order valence-corrected chi connectivity index (χ1v) is 4.97. The molecule has 3 nitrogen and oxygen atoms in total. The molecule has 6 heteroatoms. The van der Waals surface area contributed by atoms with E-state index in [1.165, 1.54) is 0 Å². The second-order valence-corrected chi connectivity index (χ2v) is 3.64. The maximum atomic E-state index is 11.9. The molecule has 92 valence electrons. The number of nitrogens with one attached hydrogen (secondary N) is 1.